The summed E-state index contributed by atoms with van der Waals surface area (Å²) in [6, 6.07) is 10.3. The van der Waals surface area contributed by atoms with E-state index in [4.69, 9.17) is 10.6 Å². The van der Waals surface area contributed by atoms with Crippen LogP contribution < -0.4 is 16.0 Å². The molecule has 5 heteroatoms. The van der Waals surface area contributed by atoms with Crippen LogP contribution >= 0.6 is 23.1 Å². The lowest BCUT2D eigenvalue weighted by Crippen LogP contribution is -2.28. The third-order valence-electron chi connectivity index (χ3n) is 3.55. The lowest BCUT2D eigenvalue weighted by Gasteiger charge is -2.17. The second-order valence-corrected chi connectivity index (χ2v) is 7.01. The van der Waals surface area contributed by atoms with E-state index in [9.17, 15) is 0 Å². The molecule has 0 fully saturated rings. The molecule has 1 unspecified atom stereocenters. The molecule has 3 N–H and O–H groups in total. The number of thioether (sulfide) groups is 1. The first-order chi connectivity index (χ1) is 9.83. The molecule has 3 nitrogen and oxygen atoms in total. The Morgan fingerprint density at radius 1 is 1.35 bits per heavy atom. The number of hydrazine groups is 1. The van der Waals surface area contributed by atoms with Crippen molar-refractivity contribution >= 4 is 23.1 Å². The van der Waals surface area contributed by atoms with Gasteiger partial charge in [0.15, 0.2) is 0 Å². The third kappa shape index (κ3) is 2.59. The standard InChI is InChI=1S/C15H18N2OS2/c1-18-12-5-3-2-4-11(12)15(17-16)14-8-10-9-19-7-6-13(10)20-14/h2-5,8,15,17H,6-7,9,16H2,1H3. The number of thiophene rings is 1. The number of aryl methyl sites for hydroxylation is 1. The fraction of sp³-hybridized carbons (Fsp3) is 0.333. The maximum Gasteiger partial charge on any atom is 0.124 e. The molecule has 0 saturated heterocycles. The van der Waals surface area contributed by atoms with E-state index in [2.05, 4.69) is 17.6 Å². The minimum Gasteiger partial charge on any atom is -0.496 e. The summed E-state index contributed by atoms with van der Waals surface area (Å²) >= 11 is 3.87. The van der Waals surface area contributed by atoms with E-state index in [1.807, 2.05) is 41.3 Å². The van der Waals surface area contributed by atoms with E-state index in [1.54, 1.807) is 7.11 Å². The molecule has 0 spiro atoms. The summed E-state index contributed by atoms with van der Waals surface area (Å²) in [6.07, 6.45) is 1.17. The fourth-order valence-electron chi connectivity index (χ4n) is 2.54. The van der Waals surface area contributed by atoms with Crippen LogP contribution in [0.5, 0.6) is 5.75 Å². The van der Waals surface area contributed by atoms with Gasteiger partial charge in [0, 0.05) is 21.1 Å². The van der Waals surface area contributed by atoms with Crippen molar-refractivity contribution in [2.75, 3.05) is 12.9 Å². The van der Waals surface area contributed by atoms with Crippen LogP contribution in [0.2, 0.25) is 0 Å². The zero-order valence-corrected chi connectivity index (χ0v) is 13.0. The molecule has 1 aliphatic rings. The van der Waals surface area contributed by atoms with Gasteiger partial charge in [0.1, 0.15) is 5.75 Å². The van der Waals surface area contributed by atoms with Gasteiger partial charge >= 0.3 is 0 Å². The summed E-state index contributed by atoms with van der Waals surface area (Å²) in [4.78, 5) is 2.78. The Balaban J connectivity index is 1.99. The van der Waals surface area contributed by atoms with E-state index < -0.39 is 0 Å². The van der Waals surface area contributed by atoms with Gasteiger partial charge in [-0.2, -0.15) is 11.8 Å². The Hall–Kier alpha value is -1.01. The van der Waals surface area contributed by atoms with Crippen molar-refractivity contribution in [2.24, 2.45) is 5.84 Å². The highest BCUT2D eigenvalue weighted by atomic mass is 32.2. The molecule has 1 atom stereocenters. The van der Waals surface area contributed by atoms with Crippen molar-refractivity contribution in [1.29, 1.82) is 0 Å². The number of para-hydroxylation sites is 1. The van der Waals surface area contributed by atoms with Crippen LogP contribution in [-0.2, 0) is 12.2 Å². The Labute approximate surface area is 127 Å². The lowest BCUT2D eigenvalue weighted by atomic mass is 10.0. The molecule has 20 heavy (non-hydrogen) atoms. The monoisotopic (exact) mass is 306 g/mol. The van der Waals surface area contributed by atoms with Crippen molar-refractivity contribution in [3.63, 3.8) is 0 Å². The van der Waals surface area contributed by atoms with E-state index in [0.717, 1.165) is 17.1 Å². The number of hydrogen-bond donors (Lipinski definition) is 2. The van der Waals surface area contributed by atoms with Crippen LogP contribution in [0.3, 0.4) is 0 Å². The Bertz CT molecular complexity index is 574. The van der Waals surface area contributed by atoms with Crippen molar-refractivity contribution in [1.82, 2.24) is 5.43 Å². The first-order valence-electron chi connectivity index (χ1n) is 6.61. The van der Waals surface area contributed by atoms with Gasteiger partial charge in [-0.3, -0.25) is 5.84 Å². The SMILES string of the molecule is COc1ccccc1C(NN)c1cc2c(s1)CCSC2. The van der Waals surface area contributed by atoms with Gasteiger partial charge in [-0.05, 0) is 29.9 Å². The number of benzene rings is 1. The minimum atomic E-state index is -0.00764. The molecule has 2 aromatic rings. The highest BCUT2D eigenvalue weighted by Crippen LogP contribution is 2.38. The second kappa shape index (κ2) is 6.18. The molecule has 0 radical (unpaired) electrons. The molecular weight excluding hydrogens is 288 g/mol. The van der Waals surface area contributed by atoms with Gasteiger partial charge < -0.3 is 4.74 Å². The Morgan fingerprint density at radius 2 is 2.20 bits per heavy atom. The molecule has 1 aromatic carbocycles. The molecule has 2 heterocycles. The quantitative estimate of drug-likeness (QED) is 0.673. The Kier molecular flexibility index (Phi) is 4.31. The summed E-state index contributed by atoms with van der Waals surface area (Å²) in [5.41, 5.74) is 5.50. The average molecular weight is 306 g/mol. The largest absolute Gasteiger partial charge is 0.496 e. The van der Waals surface area contributed by atoms with Crippen LogP contribution in [0.4, 0.5) is 0 Å². The predicted octanol–water partition coefficient (Wildman–Crippen LogP) is 3.10. The molecule has 0 bridgehead atoms. The van der Waals surface area contributed by atoms with Gasteiger partial charge in [0.05, 0.1) is 13.2 Å². The van der Waals surface area contributed by atoms with Crippen molar-refractivity contribution in [2.45, 2.75) is 18.2 Å². The van der Waals surface area contributed by atoms with Crippen LogP contribution in [0, 0.1) is 0 Å². The number of nitrogens with two attached hydrogens (primary N) is 1. The molecule has 1 aliphatic heterocycles. The molecule has 3 rings (SSSR count). The van der Waals surface area contributed by atoms with Crippen LogP contribution in [0.25, 0.3) is 0 Å². The van der Waals surface area contributed by atoms with Gasteiger partial charge in [0.25, 0.3) is 0 Å². The average Bonchev–Trinajstić information content (AvgIpc) is 2.92. The number of ether oxygens (including phenoxy) is 1. The van der Waals surface area contributed by atoms with E-state index in [-0.39, 0.29) is 6.04 Å². The third-order valence-corrected chi connectivity index (χ3v) is 5.86. The molecule has 1 aromatic heterocycles. The van der Waals surface area contributed by atoms with Crippen molar-refractivity contribution in [3.8, 4) is 5.75 Å². The number of hydrogen-bond acceptors (Lipinski definition) is 5. The maximum atomic E-state index is 5.81. The van der Waals surface area contributed by atoms with Crippen LogP contribution in [0.15, 0.2) is 30.3 Å². The van der Waals surface area contributed by atoms with Gasteiger partial charge in [-0.1, -0.05) is 18.2 Å². The summed E-state index contributed by atoms with van der Waals surface area (Å²) in [5, 5.41) is 0. The molecule has 106 valence electrons. The normalized spacial score (nSPS) is 15.7. The highest BCUT2D eigenvalue weighted by molar-refractivity contribution is 7.98. The van der Waals surface area contributed by atoms with E-state index in [0.29, 0.717) is 0 Å². The first kappa shape index (κ1) is 13.9. The fourth-order valence-corrected chi connectivity index (χ4v) is 5.00. The smallest absolute Gasteiger partial charge is 0.124 e. The second-order valence-electron chi connectivity index (χ2n) is 4.74. The lowest BCUT2D eigenvalue weighted by molar-refractivity contribution is 0.404. The summed E-state index contributed by atoms with van der Waals surface area (Å²) in [7, 11) is 1.70. The minimum absolute atomic E-state index is 0.00764. The van der Waals surface area contributed by atoms with E-state index >= 15 is 0 Å². The molecular formula is C15H18N2OS2. The van der Waals surface area contributed by atoms with Gasteiger partial charge in [-0.25, -0.2) is 5.43 Å². The topological polar surface area (TPSA) is 47.3 Å². The summed E-state index contributed by atoms with van der Waals surface area (Å²) in [5.74, 6) is 9.03. The van der Waals surface area contributed by atoms with E-state index in [1.165, 1.54) is 27.5 Å². The number of fused-ring (bicyclic) bond motifs is 1. The first-order valence-corrected chi connectivity index (χ1v) is 8.59. The number of rotatable bonds is 4. The molecule has 0 aliphatic carbocycles. The zero-order valence-electron chi connectivity index (χ0n) is 11.4. The van der Waals surface area contributed by atoms with Gasteiger partial charge in [-0.15, -0.1) is 11.3 Å². The van der Waals surface area contributed by atoms with Crippen molar-refractivity contribution in [3.05, 3.63) is 51.2 Å². The predicted molar refractivity (Wildman–Crippen MR) is 86.3 cm³/mol. The maximum absolute atomic E-state index is 5.81. The number of methoxy groups -OCH3 is 1. The molecule has 0 saturated carbocycles. The van der Waals surface area contributed by atoms with Gasteiger partial charge in [0.2, 0.25) is 0 Å². The highest BCUT2D eigenvalue weighted by Gasteiger charge is 2.22. The van der Waals surface area contributed by atoms with Crippen LogP contribution in [-0.4, -0.2) is 12.9 Å². The summed E-state index contributed by atoms with van der Waals surface area (Å²) < 4.78 is 5.46. The summed E-state index contributed by atoms with van der Waals surface area (Å²) in [6.45, 7) is 0. The van der Waals surface area contributed by atoms with Crippen LogP contribution in [0.1, 0.15) is 26.9 Å². The van der Waals surface area contributed by atoms with Crippen molar-refractivity contribution < 1.29 is 4.74 Å². The zero-order chi connectivity index (χ0) is 13.9. The number of nitrogens with one attached hydrogen (secondary N) is 1. The Morgan fingerprint density at radius 3 is 2.95 bits per heavy atom. The molecule has 0 amide bonds.